The molecule has 0 bridgehead atoms. The van der Waals surface area contributed by atoms with Gasteiger partial charge in [0.25, 0.3) is 5.91 Å². The van der Waals surface area contributed by atoms with Gasteiger partial charge in [-0.25, -0.2) is 4.98 Å². The largest absolute Gasteiger partial charge is 0.389 e. The van der Waals surface area contributed by atoms with Crippen LogP contribution in [0.1, 0.15) is 29.3 Å². The molecule has 106 valence electrons. The van der Waals surface area contributed by atoms with Gasteiger partial charge in [0.05, 0.1) is 10.6 Å². The lowest BCUT2D eigenvalue weighted by Gasteiger charge is -2.37. The van der Waals surface area contributed by atoms with Crippen LogP contribution in [0, 0.1) is 6.92 Å². The zero-order valence-corrected chi connectivity index (χ0v) is 12.5. The van der Waals surface area contributed by atoms with Crippen molar-refractivity contribution in [3.05, 3.63) is 16.1 Å². The normalized spacial score (nSPS) is 17.8. The fraction of sp³-hybridized carbons (Fsp3) is 0.692. The monoisotopic (exact) mass is 283 g/mol. The molecule has 5 nitrogen and oxygen atoms in total. The Labute approximate surface area is 117 Å². The van der Waals surface area contributed by atoms with Crippen molar-refractivity contribution in [2.75, 3.05) is 32.7 Å². The van der Waals surface area contributed by atoms with E-state index in [0.717, 1.165) is 18.1 Å². The number of aromatic nitrogens is 1. The quantitative estimate of drug-likeness (QED) is 0.898. The van der Waals surface area contributed by atoms with Gasteiger partial charge >= 0.3 is 0 Å². The molecule has 0 saturated carbocycles. The molecule has 0 spiro atoms. The second-order valence-corrected chi connectivity index (χ2v) is 6.69. The highest BCUT2D eigenvalue weighted by Gasteiger charge is 2.26. The lowest BCUT2D eigenvalue weighted by molar-refractivity contribution is 0.0177. The van der Waals surface area contributed by atoms with Crippen LogP contribution in [0.2, 0.25) is 0 Å². The number of hydrogen-bond donors (Lipinski definition) is 1. The van der Waals surface area contributed by atoms with Crippen molar-refractivity contribution >= 4 is 17.2 Å². The Morgan fingerprint density at radius 1 is 1.42 bits per heavy atom. The highest BCUT2D eigenvalue weighted by Crippen LogP contribution is 2.13. The van der Waals surface area contributed by atoms with Crippen molar-refractivity contribution < 1.29 is 9.90 Å². The molecule has 1 aromatic rings. The lowest BCUT2D eigenvalue weighted by atomic mass is 10.1. The van der Waals surface area contributed by atoms with Gasteiger partial charge < -0.3 is 10.0 Å². The van der Waals surface area contributed by atoms with Gasteiger partial charge in [-0.1, -0.05) is 0 Å². The third-order valence-electron chi connectivity index (χ3n) is 3.11. The van der Waals surface area contributed by atoms with E-state index in [0.29, 0.717) is 25.3 Å². The molecule has 1 aliphatic heterocycles. The SMILES string of the molecule is Cc1nc(C(=O)N2CCN(CC(C)(C)O)CC2)cs1. The van der Waals surface area contributed by atoms with Crippen LogP contribution in [0.5, 0.6) is 0 Å². The predicted octanol–water partition coefficient (Wildman–Crippen LogP) is 0.980. The third-order valence-corrected chi connectivity index (χ3v) is 3.88. The second kappa shape index (κ2) is 5.56. The molecule has 1 saturated heterocycles. The molecule has 1 N–H and O–H groups in total. The average molecular weight is 283 g/mol. The molecule has 2 heterocycles. The van der Waals surface area contributed by atoms with E-state index in [4.69, 9.17) is 0 Å². The number of hydrogen-bond acceptors (Lipinski definition) is 5. The first-order chi connectivity index (χ1) is 8.85. The molecule has 0 aliphatic carbocycles. The van der Waals surface area contributed by atoms with Crippen LogP contribution in [-0.4, -0.2) is 64.1 Å². The van der Waals surface area contributed by atoms with E-state index in [-0.39, 0.29) is 5.91 Å². The van der Waals surface area contributed by atoms with E-state index in [2.05, 4.69) is 9.88 Å². The fourth-order valence-corrected chi connectivity index (χ4v) is 2.87. The van der Waals surface area contributed by atoms with Crippen molar-refractivity contribution in [2.45, 2.75) is 26.4 Å². The summed E-state index contributed by atoms with van der Waals surface area (Å²) in [5.74, 6) is 0.0206. The topological polar surface area (TPSA) is 56.7 Å². The lowest BCUT2D eigenvalue weighted by Crippen LogP contribution is -2.52. The van der Waals surface area contributed by atoms with Gasteiger partial charge in [-0.05, 0) is 20.8 Å². The first kappa shape index (κ1) is 14.4. The van der Waals surface area contributed by atoms with E-state index in [1.54, 1.807) is 0 Å². The maximum atomic E-state index is 12.2. The Hall–Kier alpha value is -0.980. The smallest absolute Gasteiger partial charge is 0.273 e. The van der Waals surface area contributed by atoms with Crippen molar-refractivity contribution in [1.82, 2.24) is 14.8 Å². The van der Waals surface area contributed by atoms with Crippen molar-refractivity contribution in [2.24, 2.45) is 0 Å². The minimum absolute atomic E-state index is 0.0206. The van der Waals surface area contributed by atoms with E-state index in [1.807, 2.05) is 31.1 Å². The first-order valence-electron chi connectivity index (χ1n) is 6.51. The van der Waals surface area contributed by atoms with Crippen LogP contribution in [-0.2, 0) is 0 Å². The number of β-amino-alcohol motifs (C(OH)–C–C–N with tert-alkyl or cyclic N) is 1. The van der Waals surface area contributed by atoms with Gasteiger partial charge in [-0.15, -0.1) is 11.3 Å². The van der Waals surface area contributed by atoms with Gasteiger partial charge in [0, 0.05) is 38.1 Å². The Kier molecular flexibility index (Phi) is 4.23. The minimum Gasteiger partial charge on any atom is -0.389 e. The van der Waals surface area contributed by atoms with Crippen molar-refractivity contribution in [3.8, 4) is 0 Å². The number of aliphatic hydroxyl groups is 1. The predicted molar refractivity (Wildman–Crippen MR) is 75.5 cm³/mol. The van der Waals surface area contributed by atoms with E-state index in [9.17, 15) is 9.90 Å². The summed E-state index contributed by atoms with van der Waals surface area (Å²) in [6, 6.07) is 0. The summed E-state index contributed by atoms with van der Waals surface area (Å²) >= 11 is 1.50. The molecule has 0 aromatic carbocycles. The fourth-order valence-electron chi connectivity index (χ4n) is 2.28. The van der Waals surface area contributed by atoms with Crippen molar-refractivity contribution in [3.63, 3.8) is 0 Å². The van der Waals surface area contributed by atoms with Crippen LogP contribution in [0.25, 0.3) is 0 Å². The van der Waals surface area contributed by atoms with Crippen LogP contribution in [0.15, 0.2) is 5.38 Å². The number of rotatable bonds is 3. The van der Waals surface area contributed by atoms with Gasteiger partial charge in [0.15, 0.2) is 0 Å². The highest BCUT2D eigenvalue weighted by molar-refractivity contribution is 7.09. The maximum absolute atomic E-state index is 12.2. The summed E-state index contributed by atoms with van der Waals surface area (Å²) in [6.45, 7) is 9.17. The number of piperazine rings is 1. The Balaban J connectivity index is 1.88. The summed E-state index contributed by atoms with van der Waals surface area (Å²) in [5, 5.41) is 12.5. The maximum Gasteiger partial charge on any atom is 0.273 e. The molecular formula is C13H21N3O2S. The van der Waals surface area contributed by atoms with Crippen LogP contribution in [0.3, 0.4) is 0 Å². The summed E-state index contributed by atoms with van der Waals surface area (Å²) in [5.41, 5.74) is -0.128. The van der Waals surface area contributed by atoms with Crippen LogP contribution < -0.4 is 0 Å². The van der Waals surface area contributed by atoms with Crippen LogP contribution in [0.4, 0.5) is 0 Å². The molecule has 0 unspecified atom stereocenters. The summed E-state index contributed by atoms with van der Waals surface area (Å²) in [7, 11) is 0. The number of carbonyl (C=O) groups excluding carboxylic acids is 1. The number of aryl methyl sites for hydroxylation is 1. The molecule has 2 rings (SSSR count). The van der Waals surface area contributed by atoms with E-state index in [1.165, 1.54) is 11.3 Å². The Morgan fingerprint density at radius 3 is 2.53 bits per heavy atom. The zero-order chi connectivity index (χ0) is 14.0. The number of nitrogens with zero attached hydrogens (tertiary/aromatic N) is 3. The summed E-state index contributed by atoms with van der Waals surface area (Å²) < 4.78 is 0. The van der Waals surface area contributed by atoms with E-state index >= 15 is 0 Å². The highest BCUT2D eigenvalue weighted by atomic mass is 32.1. The number of thiazole rings is 1. The van der Waals surface area contributed by atoms with Crippen molar-refractivity contribution in [1.29, 1.82) is 0 Å². The molecule has 19 heavy (non-hydrogen) atoms. The second-order valence-electron chi connectivity index (χ2n) is 5.63. The minimum atomic E-state index is -0.682. The van der Waals surface area contributed by atoms with Gasteiger partial charge in [-0.2, -0.15) is 0 Å². The zero-order valence-electron chi connectivity index (χ0n) is 11.7. The van der Waals surface area contributed by atoms with Gasteiger partial charge in [-0.3, -0.25) is 9.69 Å². The molecule has 1 aliphatic rings. The van der Waals surface area contributed by atoms with Gasteiger partial charge in [0.2, 0.25) is 0 Å². The number of amides is 1. The average Bonchev–Trinajstić information content (AvgIpc) is 2.74. The molecule has 0 atom stereocenters. The number of carbonyl (C=O) groups is 1. The molecule has 1 aromatic heterocycles. The van der Waals surface area contributed by atoms with Gasteiger partial charge in [0.1, 0.15) is 5.69 Å². The first-order valence-corrected chi connectivity index (χ1v) is 7.39. The molecule has 1 fully saturated rings. The molecular weight excluding hydrogens is 262 g/mol. The molecule has 0 radical (unpaired) electrons. The molecule has 6 heteroatoms. The summed E-state index contributed by atoms with van der Waals surface area (Å²) in [4.78, 5) is 20.5. The third kappa shape index (κ3) is 3.99. The molecule has 1 amide bonds. The van der Waals surface area contributed by atoms with Crippen LogP contribution >= 0.6 is 11.3 Å². The summed E-state index contributed by atoms with van der Waals surface area (Å²) in [6.07, 6.45) is 0. The Bertz CT molecular complexity index is 445. The standard InChI is InChI=1S/C13H21N3O2S/c1-10-14-11(8-19-10)12(17)16-6-4-15(5-7-16)9-13(2,3)18/h8,18H,4-7,9H2,1-3H3. The Morgan fingerprint density at radius 2 is 2.05 bits per heavy atom. The van der Waals surface area contributed by atoms with E-state index < -0.39 is 5.60 Å².